The first-order valence-corrected chi connectivity index (χ1v) is 10.1. The maximum atomic E-state index is 13.9. The van der Waals surface area contributed by atoms with Crippen molar-refractivity contribution in [3.8, 4) is 17.0 Å². The van der Waals surface area contributed by atoms with E-state index in [-0.39, 0.29) is 23.5 Å². The first-order valence-electron chi connectivity index (χ1n) is 10.1. The number of carbonyl (C=O) groups excluding carboxylic acids is 1. The van der Waals surface area contributed by atoms with Gasteiger partial charge in [0.25, 0.3) is 5.56 Å². The highest BCUT2D eigenvalue weighted by molar-refractivity contribution is 5.96. The minimum absolute atomic E-state index is 0.0686. The van der Waals surface area contributed by atoms with Crippen molar-refractivity contribution in [2.24, 2.45) is 0 Å². The number of hydrogen-bond acceptors (Lipinski definition) is 5. The Morgan fingerprint density at radius 2 is 1.91 bits per heavy atom. The van der Waals surface area contributed by atoms with Gasteiger partial charge in [0.15, 0.2) is 11.6 Å². The number of fused-ring (bicyclic) bond motifs is 2. The average molecular weight is 443 g/mol. The summed E-state index contributed by atoms with van der Waals surface area (Å²) in [5, 5.41) is 13.2. The van der Waals surface area contributed by atoms with Crippen LogP contribution in [0.1, 0.15) is 0 Å². The van der Waals surface area contributed by atoms with E-state index in [1.165, 1.54) is 30.1 Å². The van der Waals surface area contributed by atoms with Gasteiger partial charge in [-0.25, -0.2) is 13.6 Å². The largest absolute Gasteiger partial charge is 0.494 e. The summed E-state index contributed by atoms with van der Waals surface area (Å²) < 4.78 is 21.2. The molecule has 0 unspecified atom stereocenters. The van der Waals surface area contributed by atoms with Crippen LogP contribution in [0.5, 0.6) is 5.75 Å². The minimum Gasteiger partial charge on any atom is -0.494 e. The second-order valence-corrected chi connectivity index (χ2v) is 7.38. The molecule has 0 aliphatic heterocycles. The van der Waals surface area contributed by atoms with E-state index in [0.717, 1.165) is 27.1 Å². The summed E-state index contributed by atoms with van der Waals surface area (Å²) in [5.41, 5.74) is 1.59. The van der Waals surface area contributed by atoms with Gasteiger partial charge < -0.3 is 10.1 Å². The molecule has 0 atom stereocenters. The molecule has 3 aromatic carbocycles. The van der Waals surface area contributed by atoms with Crippen LogP contribution in [0.15, 0.2) is 77.9 Å². The molecule has 0 bridgehead atoms. The van der Waals surface area contributed by atoms with Crippen LogP contribution in [0.25, 0.3) is 27.5 Å². The number of anilines is 1. The molecule has 2 heterocycles. The molecule has 0 saturated carbocycles. The highest BCUT2D eigenvalue weighted by Gasteiger charge is 2.14. The standard InChI is InChI=1S/C24H18FN5O3/c1-33-22-10-9-16(11-19(22)25)27-23(31)13-29-24(32)21-12-20(28-30(21)14-26-29)18-8-4-6-15-5-2-3-7-17(15)18/h2-12,14H,13H2,1H3,(H,27,31). The molecule has 1 N–H and O–H groups in total. The summed E-state index contributed by atoms with van der Waals surface area (Å²) >= 11 is 0. The van der Waals surface area contributed by atoms with Crippen LogP contribution >= 0.6 is 0 Å². The molecule has 9 heteroatoms. The van der Waals surface area contributed by atoms with Crippen LogP contribution in [-0.2, 0) is 11.3 Å². The van der Waals surface area contributed by atoms with Crippen molar-refractivity contribution in [2.75, 3.05) is 12.4 Å². The third kappa shape index (κ3) is 3.80. The Bertz CT molecular complexity index is 1570. The lowest BCUT2D eigenvalue weighted by Gasteiger charge is -2.08. The third-order valence-electron chi connectivity index (χ3n) is 5.28. The number of hydrogen-bond donors (Lipinski definition) is 1. The summed E-state index contributed by atoms with van der Waals surface area (Å²) in [5.74, 6) is -1.06. The maximum Gasteiger partial charge on any atom is 0.293 e. The van der Waals surface area contributed by atoms with E-state index in [1.54, 1.807) is 6.07 Å². The van der Waals surface area contributed by atoms with Gasteiger partial charge in [-0.1, -0.05) is 42.5 Å². The molecule has 1 amide bonds. The highest BCUT2D eigenvalue weighted by Crippen LogP contribution is 2.27. The Morgan fingerprint density at radius 1 is 1.09 bits per heavy atom. The van der Waals surface area contributed by atoms with Crippen molar-refractivity contribution in [1.29, 1.82) is 0 Å². The van der Waals surface area contributed by atoms with Crippen molar-refractivity contribution in [2.45, 2.75) is 6.54 Å². The van der Waals surface area contributed by atoms with Gasteiger partial charge in [0.05, 0.1) is 12.8 Å². The fourth-order valence-electron chi connectivity index (χ4n) is 3.71. The van der Waals surface area contributed by atoms with Gasteiger partial charge >= 0.3 is 0 Å². The predicted octanol–water partition coefficient (Wildman–Crippen LogP) is 3.50. The van der Waals surface area contributed by atoms with E-state index in [4.69, 9.17) is 4.74 Å². The third-order valence-corrected chi connectivity index (χ3v) is 5.28. The van der Waals surface area contributed by atoms with Gasteiger partial charge in [0.1, 0.15) is 18.4 Å². The van der Waals surface area contributed by atoms with E-state index in [2.05, 4.69) is 15.5 Å². The Hall–Kier alpha value is -4.53. The average Bonchev–Trinajstić information content (AvgIpc) is 3.26. The molecule has 33 heavy (non-hydrogen) atoms. The molecule has 5 aromatic rings. The van der Waals surface area contributed by atoms with Crippen LogP contribution in [0.4, 0.5) is 10.1 Å². The zero-order valence-corrected chi connectivity index (χ0v) is 17.5. The number of nitrogens with zero attached hydrogens (tertiary/aromatic N) is 4. The SMILES string of the molecule is COc1ccc(NC(=O)Cn2ncn3nc(-c4cccc5ccccc45)cc3c2=O)cc1F. The number of methoxy groups -OCH3 is 1. The number of rotatable bonds is 5. The zero-order chi connectivity index (χ0) is 22.9. The van der Waals surface area contributed by atoms with Crippen molar-refractivity contribution < 1.29 is 13.9 Å². The molecule has 0 radical (unpaired) electrons. The van der Waals surface area contributed by atoms with Crippen molar-refractivity contribution in [1.82, 2.24) is 19.4 Å². The number of halogens is 1. The molecule has 8 nitrogen and oxygen atoms in total. The summed E-state index contributed by atoms with van der Waals surface area (Å²) in [6, 6.07) is 19.5. The lowest BCUT2D eigenvalue weighted by Crippen LogP contribution is -2.30. The lowest BCUT2D eigenvalue weighted by atomic mass is 10.0. The second-order valence-electron chi connectivity index (χ2n) is 7.38. The second kappa shape index (κ2) is 8.19. The molecule has 0 saturated heterocycles. The molecule has 2 aromatic heterocycles. The topological polar surface area (TPSA) is 90.5 Å². The smallest absolute Gasteiger partial charge is 0.293 e. The lowest BCUT2D eigenvalue weighted by molar-refractivity contribution is -0.117. The van der Waals surface area contributed by atoms with E-state index in [0.29, 0.717) is 5.69 Å². The summed E-state index contributed by atoms with van der Waals surface area (Å²) in [6.07, 6.45) is 1.38. The molecule has 0 aliphatic carbocycles. The zero-order valence-electron chi connectivity index (χ0n) is 17.5. The maximum absolute atomic E-state index is 13.9. The van der Waals surface area contributed by atoms with Gasteiger partial charge in [0.2, 0.25) is 5.91 Å². The first kappa shape index (κ1) is 20.4. The number of benzene rings is 3. The Labute approximate surface area is 186 Å². The van der Waals surface area contributed by atoms with E-state index in [9.17, 15) is 14.0 Å². The Balaban J connectivity index is 1.43. The van der Waals surface area contributed by atoms with Gasteiger partial charge in [-0.3, -0.25) is 9.59 Å². The van der Waals surface area contributed by atoms with Gasteiger partial charge in [0, 0.05) is 17.3 Å². The predicted molar refractivity (Wildman–Crippen MR) is 122 cm³/mol. The number of aromatic nitrogens is 4. The van der Waals surface area contributed by atoms with Gasteiger partial charge in [-0.05, 0) is 29.0 Å². The summed E-state index contributed by atoms with van der Waals surface area (Å²) in [6.45, 7) is -0.336. The molecule has 0 spiro atoms. The summed E-state index contributed by atoms with van der Waals surface area (Å²) in [7, 11) is 1.35. The normalized spacial score (nSPS) is 11.1. The van der Waals surface area contributed by atoms with Crippen LogP contribution in [0.3, 0.4) is 0 Å². The van der Waals surface area contributed by atoms with Crippen molar-refractivity contribution in [3.63, 3.8) is 0 Å². The number of ether oxygens (including phenoxy) is 1. The van der Waals surface area contributed by atoms with E-state index in [1.807, 2.05) is 42.5 Å². The molecule has 0 aliphatic rings. The van der Waals surface area contributed by atoms with Crippen LogP contribution < -0.4 is 15.6 Å². The highest BCUT2D eigenvalue weighted by atomic mass is 19.1. The fraction of sp³-hybridized carbons (Fsp3) is 0.0833. The van der Waals surface area contributed by atoms with Crippen LogP contribution in [-0.4, -0.2) is 32.4 Å². The van der Waals surface area contributed by atoms with Crippen LogP contribution in [0, 0.1) is 5.82 Å². The molecule has 5 rings (SSSR count). The fourth-order valence-corrected chi connectivity index (χ4v) is 3.71. The molecule has 164 valence electrons. The van der Waals surface area contributed by atoms with Crippen molar-refractivity contribution >= 4 is 27.9 Å². The quantitative estimate of drug-likeness (QED) is 0.449. The number of nitrogens with one attached hydrogen (secondary N) is 1. The monoisotopic (exact) mass is 443 g/mol. The van der Waals surface area contributed by atoms with Crippen molar-refractivity contribution in [3.05, 3.63) is 89.2 Å². The summed E-state index contributed by atoms with van der Waals surface area (Å²) in [4.78, 5) is 25.4. The molecular weight excluding hydrogens is 425 g/mol. The minimum atomic E-state index is -0.604. The van der Waals surface area contributed by atoms with Gasteiger partial charge in [-0.15, -0.1) is 0 Å². The molecule has 0 fully saturated rings. The van der Waals surface area contributed by atoms with Crippen LogP contribution in [0.2, 0.25) is 0 Å². The van der Waals surface area contributed by atoms with Gasteiger partial charge in [-0.2, -0.15) is 10.2 Å². The van der Waals surface area contributed by atoms with E-state index >= 15 is 0 Å². The molecular formula is C24H18FN5O3. The Kier molecular flexibility index (Phi) is 5.06. The van der Waals surface area contributed by atoms with E-state index < -0.39 is 17.3 Å². The number of amides is 1. The first-order chi connectivity index (χ1) is 16.0. The Morgan fingerprint density at radius 3 is 2.73 bits per heavy atom. The number of carbonyl (C=O) groups is 1.